The Morgan fingerprint density at radius 3 is 2.54 bits per heavy atom. The number of sulfonamides is 1. The van der Waals surface area contributed by atoms with Crippen LogP contribution in [-0.4, -0.2) is 44.3 Å². The van der Waals surface area contributed by atoms with E-state index in [0.717, 1.165) is 28.0 Å². The van der Waals surface area contributed by atoms with Gasteiger partial charge in [0.05, 0.1) is 10.6 Å². The van der Waals surface area contributed by atoms with Gasteiger partial charge in [0.15, 0.2) is 5.78 Å². The molecule has 1 heterocycles. The molecule has 0 bridgehead atoms. The summed E-state index contributed by atoms with van der Waals surface area (Å²) in [5.41, 5.74) is 6.13. The molecular weight excluding hydrogens is 482 g/mol. The summed E-state index contributed by atoms with van der Waals surface area (Å²) >= 11 is 1.68. The Hall–Kier alpha value is -1.74. The average Bonchev–Trinajstić information content (AvgIpc) is 3.11. The maximum Gasteiger partial charge on any atom is 0.211 e. The van der Waals surface area contributed by atoms with Gasteiger partial charge in [0, 0.05) is 17.8 Å². The van der Waals surface area contributed by atoms with Crippen LogP contribution >= 0.6 is 11.3 Å². The fourth-order valence-corrected chi connectivity index (χ4v) is 7.55. The second-order valence-electron chi connectivity index (χ2n) is 10.7. The number of carbonyl (C=O) groups excluding carboxylic acids is 1. The molecule has 1 aromatic heterocycles. The van der Waals surface area contributed by atoms with Gasteiger partial charge in [-0.2, -0.15) is 0 Å². The van der Waals surface area contributed by atoms with Crippen LogP contribution in [0.25, 0.3) is 0 Å². The lowest BCUT2D eigenvalue weighted by Crippen LogP contribution is -2.36. The molecule has 2 N–H and O–H groups in total. The molecule has 0 amide bonds. The number of benzene rings is 1. The average molecular weight is 520 g/mol. The fraction of sp³-hybridized carbons (Fsp3) is 0.593. The van der Waals surface area contributed by atoms with Crippen LogP contribution in [0.5, 0.6) is 5.75 Å². The highest BCUT2D eigenvalue weighted by molar-refractivity contribution is 7.89. The monoisotopic (exact) mass is 519 g/mol. The van der Waals surface area contributed by atoms with Crippen LogP contribution in [0.1, 0.15) is 75.5 Å². The molecule has 8 heteroatoms. The first-order chi connectivity index (χ1) is 16.4. The van der Waals surface area contributed by atoms with Crippen molar-refractivity contribution < 1.29 is 23.1 Å². The number of rotatable bonds is 11. The van der Waals surface area contributed by atoms with Gasteiger partial charge in [0.25, 0.3) is 0 Å². The van der Waals surface area contributed by atoms with Crippen molar-refractivity contribution in [2.24, 2.45) is 11.3 Å². The van der Waals surface area contributed by atoms with Crippen LogP contribution in [0.2, 0.25) is 0 Å². The summed E-state index contributed by atoms with van der Waals surface area (Å²) in [6.45, 7) is 12.2. The number of ether oxygens (including phenoxy) is 1. The molecule has 1 unspecified atom stereocenters. The zero-order chi connectivity index (χ0) is 25.7. The maximum atomic E-state index is 13.2. The molecule has 2 aliphatic carbocycles. The van der Waals surface area contributed by atoms with Gasteiger partial charge >= 0.3 is 0 Å². The minimum Gasteiger partial charge on any atom is -0.490 e. The zero-order valence-corrected chi connectivity index (χ0v) is 23.2. The van der Waals surface area contributed by atoms with Crippen LogP contribution in [0, 0.1) is 32.1 Å². The molecule has 0 saturated heterocycles. The number of fused-ring (bicyclic) bond motifs is 3. The molecule has 2 aliphatic rings. The second-order valence-corrected chi connectivity index (χ2v) is 14.0. The van der Waals surface area contributed by atoms with Gasteiger partial charge in [-0.25, -0.2) is 13.1 Å². The number of ketones is 1. The van der Waals surface area contributed by atoms with E-state index < -0.39 is 16.1 Å². The van der Waals surface area contributed by atoms with Crippen molar-refractivity contribution in [1.29, 1.82) is 0 Å². The maximum absolute atomic E-state index is 13.2. The SMILES string of the molecule is CCS(=O)(=O)NCC(O)COc1c(C)cc(CCC(=O)c2sc(C)c3c2C[C@@H]2[C@H]3C2(C)C)cc1C. The minimum atomic E-state index is -3.35. The summed E-state index contributed by atoms with van der Waals surface area (Å²) in [5.74, 6) is 2.24. The Bertz CT molecular complexity index is 1220. The smallest absolute Gasteiger partial charge is 0.211 e. The van der Waals surface area contributed by atoms with Gasteiger partial charge in [0.2, 0.25) is 10.0 Å². The second kappa shape index (κ2) is 9.61. The van der Waals surface area contributed by atoms with Gasteiger partial charge in [-0.15, -0.1) is 11.3 Å². The Labute approximate surface area is 213 Å². The third kappa shape index (κ3) is 5.22. The number of hydrogen-bond acceptors (Lipinski definition) is 6. The Morgan fingerprint density at radius 2 is 1.91 bits per heavy atom. The van der Waals surface area contributed by atoms with Crippen molar-refractivity contribution >= 4 is 27.1 Å². The topological polar surface area (TPSA) is 92.7 Å². The molecule has 4 rings (SSSR count). The van der Waals surface area contributed by atoms with Crippen molar-refractivity contribution in [1.82, 2.24) is 4.72 Å². The number of thiophene rings is 1. The van der Waals surface area contributed by atoms with E-state index >= 15 is 0 Å². The summed E-state index contributed by atoms with van der Waals surface area (Å²) in [6, 6.07) is 4.06. The van der Waals surface area contributed by atoms with Crippen molar-refractivity contribution in [2.75, 3.05) is 18.9 Å². The molecule has 6 nitrogen and oxygen atoms in total. The normalized spacial score (nSPS) is 20.9. The number of nitrogens with one attached hydrogen (secondary N) is 1. The lowest BCUT2D eigenvalue weighted by molar-refractivity contribution is 0.0985. The highest BCUT2D eigenvalue weighted by Gasteiger charge is 2.63. The van der Waals surface area contributed by atoms with E-state index in [-0.39, 0.29) is 24.7 Å². The Balaban J connectivity index is 1.35. The Morgan fingerprint density at radius 1 is 1.26 bits per heavy atom. The van der Waals surface area contributed by atoms with Gasteiger partial charge in [-0.05, 0) is 85.6 Å². The summed E-state index contributed by atoms with van der Waals surface area (Å²) in [7, 11) is -3.35. The number of hydrogen-bond donors (Lipinski definition) is 2. The highest BCUT2D eigenvalue weighted by Crippen LogP contribution is 2.71. The lowest BCUT2D eigenvalue weighted by Gasteiger charge is -2.17. The first kappa shape index (κ1) is 26.3. The number of aliphatic hydroxyl groups excluding tert-OH is 1. The molecule has 3 atom stereocenters. The van der Waals surface area contributed by atoms with Crippen molar-refractivity contribution in [3.63, 3.8) is 0 Å². The molecule has 1 saturated carbocycles. The van der Waals surface area contributed by atoms with Crippen molar-refractivity contribution in [3.05, 3.63) is 49.7 Å². The van der Waals surface area contributed by atoms with E-state index in [1.165, 1.54) is 16.0 Å². The molecule has 2 aromatic rings. The van der Waals surface area contributed by atoms with Crippen LogP contribution in [-0.2, 0) is 22.9 Å². The van der Waals surface area contributed by atoms with Crippen LogP contribution in [0.3, 0.4) is 0 Å². The summed E-state index contributed by atoms with van der Waals surface area (Å²) in [6.07, 6.45) is 1.27. The number of aliphatic hydroxyl groups is 1. The fourth-order valence-electron chi connectivity index (χ4n) is 5.70. The highest BCUT2D eigenvalue weighted by atomic mass is 32.2. The predicted octanol–water partition coefficient (Wildman–Crippen LogP) is 4.46. The number of carbonyl (C=O) groups is 1. The number of Topliss-reactive ketones (excluding diaryl/α,β-unsaturated/α-hetero) is 1. The molecule has 192 valence electrons. The standard InChI is InChI=1S/C27H37NO5S2/c1-7-35(31,32)28-13-19(29)14-33-25-15(2)10-18(11-16(25)3)8-9-22(30)26-20-12-21-24(27(21,5)6)23(20)17(4)34-26/h10-11,19,21,24,28-29H,7-9,12-14H2,1-6H3/t19?,21-,24-/m1/s1. The summed E-state index contributed by atoms with van der Waals surface area (Å²) < 4.78 is 31.2. The quantitative estimate of drug-likeness (QED) is 0.428. The molecule has 35 heavy (non-hydrogen) atoms. The minimum absolute atomic E-state index is 0.00657. The van der Waals surface area contributed by atoms with E-state index in [4.69, 9.17) is 4.74 Å². The van der Waals surface area contributed by atoms with Crippen LogP contribution < -0.4 is 9.46 Å². The molecule has 0 radical (unpaired) electrons. The Kier molecular flexibility index (Phi) is 7.23. The lowest BCUT2D eigenvalue weighted by atomic mass is 9.93. The molecule has 1 aromatic carbocycles. The van der Waals surface area contributed by atoms with Gasteiger partial charge in [-0.3, -0.25) is 4.79 Å². The number of aryl methyl sites for hydroxylation is 4. The van der Waals surface area contributed by atoms with E-state index in [1.54, 1.807) is 18.3 Å². The third-order valence-electron chi connectivity index (χ3n) is 7.77. The third-order valence-corrected chi connectivity index (χ3v) is 10.3. The van der Waals surface area contributed by atoms with Crippen molar-refractivity contribution in [2.45, 2.75) is 72.8 Å². The summed E-state index contributed by atoms with van der Waals surface area (Å²) in [4.78, 5) is 15.4. The van der Waals surface area contributed by atoms with Crippen molar-refractivity contribution in [3.8, 4) is 5.75 Å². The molecule has 0 aliphatic heterocycles. The van der Waals surface area contributed by atoms with Crippen LogP contribution in [0.15, 0.2) is 12.1 Å². The van der Waals surface area contributed by atoms with E-state index in [1.807, 2.05) is 26.0 Å². The molecular formula is C27H37NO5S2. The van der Waals surface area contributed by atoms with Gasteiger partial charge < -0.3 is 9.84 Å². The van der Waals surface area contributed by atoms with Gasteiger partial charge in [-0.1, -0.05) is 26.0 Å². The molecule has 1 fully saturated rings. The van der Waals surface area contributed by atoms with E-state index in [2.05, 4.69) is 25.5 Å². The first-order valence-electron chi connectivity index (χ1n) is 12.4. The van der Waals surface area contributed by atoms with E-state index in [9.17, 15) is 18.3 Å². The summed E-state index contributed by atoms with van der Waals surface area (Å²) in [5, 5.41) is 10.1. The first-order valence-corrected chi connectivity index (χ1v) is 14.9. The predicted molar refractivity (Wildman–Crippen MR) is 140 cm³/mol. The van der Waals surface area contributed by atoms with Gasteiger partial charge in [0.1, 0.15) is 18.5 Å². The van der Waals surface area contributed by atoms with Crippen LogP contribution in [0.4, 0.5) is 0 Å². The van der Waals surface area contributed by atoms with E-state index in [0.29, 0.717) is 35.8 Å². The zero-order valence-electron chi connectivity index (χ0n) is 21.5. The molecule has 0 spiro atoms. The largest absolute Gasteiger partial charge is 0.490 e.